The first-order chi connectivity index (χ1) is 13.9. The molecule has 1 fully saturated rings. The van der Waals surface area contributed by atoms with Gasteiger partial charge in [0.25, 0.3) is 0 Å². The highest BCUT2D eigenvalue weighted by Gasteiger charge is 2.61. The van der Waals surface area contributed by atoms with E-state index in [2.05, 4.69) is 45.9 Å². The molecule has 3 aromatic rings. The van der Waals surface area contributed by atoms with Gasteiger partial charge in [0.05, 0.1) is 17.7 Å². The first-order valence-corrected chi connectivity index (χ1v) is 9.92. The number of esters is 1. The van der Waals surface area contributed by atoms with Crippen LogP contribution >= 0.6 is 0 Å². The fourth-order valence-corrected chi connectivity index (χ4v) is 3.95. The minimum atomic E-state index is -0.215. The first kappa shape index (κ1) is 19.3. The molecule has 1 aliphatic rings. The normalized spacial score (nSPS) is 19.6. The molecule has 0 amide bonds. The predicted molar refractivity (Wildman–Crippen MR) is 111 cm³/mol. The van der Waals surface area contributed by atoms with E-state index in [9.17, 15) is 4.79 Å². The Morgan fingerprint density at radius 3 is 2.62 bits per heavy atom. The number of allylic oxidation sites excluding steroid dienone is 2. The lowest BCUT2D eigenvalue weighted by Crippen LogP contribution is -2.14. The summed E-state index contributed by atoms with van der Waals surface area (Å²) < 4.78 is 17.0. The lowest BCUT2D eigenvalue weighted by molar-refractivity contribution is -0.136. The zero-order chi connectivity index (χ0) is 20.6. The second kappa shape index (κ2) is 7.43. The zero-order valence-corrected chi connectivity index (χ0v) is 17.3. The Morgan fingerprint density at radius 1 is 1.14 bits per heavy atom. The summed E-state index contributed by atoms with van der Waals surface area (Å²) in [7, 11) is 0. The molecule has 0 saturated heterocycles. The second-order valence-corrected chi connectivity index (χ2v) is 8.57. The standard InChI is InChI=1S/C25H26O4/c1-16(2)12-20-22(25(20,3)4)24(26)29-21-10-11-27-23(21)18-14-19(28-15-18)13-17-8-6-5-7-9-17/h5-12,14-15,20,22H,13H2,1-4H3. The van der Waals surface area contributed by atoms with Crippen LogP contribution in [-0.4, -0.2) is 5.97 Å². The Labute approximate surface area is 171 Å². The Morgan fingerprint density at radius 2 is 1.90 bits per heavy atom. The molecule has 2 unspecified atom stereocenters. The minimum absolute atomic E-state index is 0.0866. The van der Waals surface area contributed by atoms with Crippen LogP contribution in [0.1, 0.15) is 39.0 Å². The lowest BCUT2D eigenvalue weighted by atomic mass is 10.1. The molecule has 2 aromatic heterocycles. The average Bonchev–Trinajstić information content (AvgIpc) is 3.08. The highest BCUT2D eigenvalue weighted by Crippen LogP contribution is 2.60. The van der Waals surface area contributed by atoms with E-state index in [-0.39, 0.29) is 23.2 Å². The molecule has 0 radical (unpaired) electrons. The molecule has 2 heterocycles. The molecule has 4 nitrogen and oxygen atoms in total. The van der Waals surface area contributed by atoms with Crippen LogP contribution in [0.15, 0.2) is 75.5 Å². The van der Waals surface area contributed by atoms with E-state index in [0.29, 0.717) is 17.9 Å². The molecule has 29 heavy (non-hydrogen) atoms. The third-order valence-electron chi connectivity index (χ3n) is 5.65. The van der Waals surface area contributed by atoms with Crippen molar-refractivity contribution in [1.82, 2.24) is 0 Å². The summed E-state index contributed by atoms with van der Waals surface area (Å²) >= 11 is 0. The van der Waals surface area contributed by atoms with Gasteiger partial charge in [-0.2, -0.15) is 0 Å². The minimum Gasteiger partial charge on any atom is -0.468 e. The van der Waals surface area contributed by atoms with Crippen LogP contribution in [-0.2, 0) is 11.2 Å². The van der Waals surface area contributed by atoms with E-state index < -0.39 is 0 Å². The smallest absolute Gasteiger partial charge is 0.315 e. The van der Waals surface area contributed by atoms with Crippen LogP contribution in [0.2, 0.25) is 0 Å². The van der Waals surface area contributed by atoms with E-state index in [1.165, 1.54) is 17.4 Å². The van der Waals surface area contributed by atoms with Gasteiger partial charge in [-0.15, -0.1) is 0 Å². The monoisotopic (exact) mass is 390 g/mol. The van der Waals surface area contributed by atoms with Crippen molar-refractivity contribution in [3.8, 4) is 17.1 Å². The van der Waals surface area contributed by atoms with Crippen LogP contribution in [0.5, 0.6) is 5.75 Å². The van der Waals surface area contributed by atoms with E-state index in [0.717, 1.165) is 11.3 Å². The number of benzene rings is 1. The van der Waals surface area contributed by atoms with Crippen molar-refractivity contribution in [1.29, 1.82) is 0 Å². The van der Waals surface area contributed by atoms with Crippen molar-refractivity contribution in [3.63, 3.8) is 0 Å². The summed E-state index contributed by atoms with van der Waals surface area (Å²) in [5, 5.41) is 0. The zero-order valence-electron chi connectivity index (χ0n) is 17.3. The maximum absolute atomic E-state index is 12.8. The molecule has 0 aliphatic heterocycles. The van der Waals surface area contributed by atoms with Crippen molar-refractivity contribution in [2.24, 2.45) is 17.3 Å². The molecule has 0 spiro atoms. The summed E-state index contributed by atoms with van der Waals surface area (Å²) in [6.07, 6.45) is 6.03. The van der Waals surface area contributed by atoms with Gasteiger partial charge in [0.2, 0.25) is 0 Å². The fourth-order valence-electron chi connectivity index (χ4n) is 3.95. The van der Waals surface area contributed by atoms with Crippen LogP contribution in [0.25, 0.3) is 11.3 Å². The van der Waals surface area contributed by atoms with Crippen molar-refractivity contribution in [3.05, 3.63) is 78.0 Å². The molecule has 150 valence electrons. The Hall–Kier alpha value is -3.01. The molecule has 4 heteroatoms. The van der Waals surface area contributed by atoms with Crippen molar-refractivity contribution >= 4 is 5.97 Å². The molecule has 0 bridgehead atoms. The molecule has 4 rings (SSSR count). The van der Waals surface area contributed by atoms with Crippen molar-refractivity contribution in [2.45, 2.75) is 34.1 Å². The summed E-state index contributed by atoms with van der Waals surface area (Å²) in [5.41, 5.74) is 3.06. The Balaban J connectivity index is 1.48. The molecular formula is C25H26O4. The van der Waals surface area contributed by atoms with Gasteiger partial charge < -0.3 is 13.6 Å². The fraction of sp³-hybridized carbons (Fsp3) is 0.320. The van der Waals surface area contributed by atoms with Gasteiger partial charge in [-0.25, -0.2) is 0 Å². The first-order valence-electron chi connectivity index (χ1n) is 9.92. The SMILES string of the molecule is CC(C)=CC1C(C(=O)Oc2ccoc2-c2coc(Cc3ccccc3)c2)C1(C)C. The highest BCUT2D eigenvalue weighted by atomic mass is 16.5. The molecule has 1 aromatic carbocycles. The quantitative estimate of drug-likeness (QED) is 0.367. The number of ether oxygens (including phenoxy) is 1. The van der Waals surface area contributed by atoms with Crippen LogP contribution in [0.4, 0.5) is 0 Å². The van der Waals surface area contributed by atoms with Crippen LogP contribution < -0.4 is 4.74 Å². The van der Waals surface area contributed by atoms with Gasteiger partial charge in [0, 0.05) is 12.5 Å². The maximum atomic E-state index is 12.8. The van der Waals surface area contributed by atoms with Gasteiger partial charge in [-0.3, -0.25) is 4.79 Å². The average molecular weight is 390 g/mol. The van der Waals surface area contributed by atoms with Gasteiger partial charge in [-0.05, 0) is 36.8 Å². The molecular weight excluding hydrogens is 364 g/mol. The topological polar surface area (TPSA) is 52.6 Å². The Bertz CT molecular complexity index is 1030. The molecule has 1 aliphatic carbocycles. The van der Waals surface area contributed by atoms with E-state index in [1.807, 2.05) is 24.3 Å². The number of carbonyl (C=O) groups excluding carboxylic acids is 1. The second-order valence-electron chi connectivity index (χ2n) is 8.57. The third kappa shape index (κ3) is 3.93. The van der Waals surface area contributed by atoms with Crippen LogP contribution in [0, 0.1) is 17.3 Å². The van der Waals surface area contributed by atoms with E-state index in [4.69, 9.17) is 13.6 Å². The van der Waals surface area contributed by atoms with E-state index >= 15 is 0 Å². The number of hydrogen-bond donors (Lipinski definition) is 0. The van der Waals surface area contributed by atoms with Gasteiger partial charge in [0.15, 0.2) is 11.5 Å². The van der Waals surface area contributed by atoms with Gasteiger partial charge >= 0.3 is 5.97 Å². The summed E-state index contributed by atoms with van der Waals surface area (Å²) in [5.74, 6) is 1.62. The third-order valence-corrected chi connectivity index (χ3v) is 5.65. The van der Waals surface area contributed by atoms with Crippen molar-refractivity contribution in [2.75, 3.05) is 0 Å². The van der Waals surface area contributed by atoms with Crippen molar-refractivity contribution < 1.29 is 18.4 Å². The summed E-state index contributed by atoms with van der Waals surface area (Å²) in [4.78, 5) is 12.8. The lowest BCUT2D eigenvalue weighted by Gasteiger charge is -2.04. The summed E-state index contributed by atoms with van der Waals surface area (Å²) in [6.45, 7) is 8.31. The largest absolute Gasteiger partial charge is 0.468 e. The van der Waals surface area contributed by atoms with Gasteiger partial charge in [0.1, 0.15) is 12.0 Å². The number of carbonyl (C=O) groups is 1. The molecule has 0 N–H and O–H groups in total. The maximum Gasteiger partial charge on any atom is 0.315 e. The molecule has 1 saturated carbocycles. The highest BCUT2D eigenvalue weighted by molar-refractivity contribution is 5.82. The predicted octanol–water partition coefficient (Wildman–Crippen LogP) is 6.27. The Kier molecular flexibility index (Phi) is 4.95. The van der Waals surface area contributed by atoms with Gasteiger partial charge in [-0.1, -0.05) is 55.8 Å². The van der Waals surface area contributed by atoms with E-state index in [1.54, 1.807) is 12.3 Å². The molecule has 2 atom stereocenters. The number of furan rings is 2. The summed E-state index contributed by atoms with van der Waals surface area (Å²) in [6, 6.07) is 13.7. The van der Waals surface area contributed by atoms with Crippen LogP contribution in [0.3, 0.4) is 0 Å². The number of hydrogen-bond acceptors (Lipinski definition) is 4. The number of rotatable bonds is 6.